The fraction of sp³-hybridized carbons (Fsp3) is 0.216. The van der Waals surface area contributed by atoms with Gasteiger partial charge in [-0.25, -0.2) is 0 Å². The third-order valence-electron chi connectivity index (χ3n) is 6.41. The molecule has 0 fully saturated rings. The van der Waals surface area contributed by atoms with Gasteiger partial charge in [0.1, 0.15) is 16.1 Å². The van der Waals surface area contributed by atoms with E-state index in [0.29, 0.717) is 0 Å². The molecule has 0 saturated carbocycles. The molecule has 0 amide bonds. The predicted octanol–water partition coefficient (Wildman–Crippen LogP) is 9.68. The van der Waals surface area contributed by atoms with Gasteiger partial charge in [0.25, 0.3) is 0 Å². The third-order valence-corrected chi connectivity index (χ3v) is 8.16. The molecule has 4 heteroatoms. The molecule has 206 valence electrons. The molecule has 4 aromatic carbocycles. The zero-order chi connectivity index (χ0) is 29.5. The Morgan fingerprint density at radius 3 is 1.51 bits per heavy atom. The zero-order valence-electron chi connectivity index (χ0n) is 25.3. The number of hydrogen-bond acceptors (Lipinski definition) is 1. The Balaban J connectivity index is 1.72. The maximum atomic E-state index is 4.82. The molecule has 0 bridgehead atoms. The molecule has 0 aliphatic carbocycles. The highest BCUT2D eigenvalue weighted by molar-refractivity contribution is 6.84. The van der Waals surface area contributed by atoms with Crippen LogP contribution in [-0.4, -0.2) is 22.5 Å². The van der Waals surface area contributed by atoms with Crippen molar-refractivity contribution in [2.24, 2.45) is 4.99 Å². The van der Waals surface area contributed by atoms with Gasteiger partial charge in [-0.3, -0.25) is 4.99 Å². The third kappa shape index (κ3) is 8.95. The monoisotopic (exact) mass is 568 g/mol. The van der Waals surface area contributed by atoms with E-state index in [-0.39, 0.29) is 6.04 Å². The first-order valence-corrected chi connectivity index (χ1v) is 21.2. The lowest BCUT2D eigenvalue weighted by molar-refractivity contribution is 0.824. The van der Waals surface area contributed by atoms with Crippen LogP contribution in [0.15, 0.2) is 102 Å². The number of nitrogens with zero attached hydrogens (tertiary/aromatic N) is 1. The quantitative estimate of drug-likeness (QED) is 0.106. The van der Waals surface area contributed by atoms with Crippen LogP contribution in [0.4, 0.5) is 5.69 Å². The Hall–Kier alpha value is -4.10. The van der Waals surface area contributed by atoms with E-state index in [2.05, 4.69) is 165 Å². The normalized spacial score (nSPS) is 12.2. The van der Waals surface area contributed by atoms with Crippen molar-refractivity contribution in [3.05, 3.63) is 114 Å². The molecule has 0 aliphatic rings. The number of benzene rings is 4. The molecule has 0 spiro atoms. The molecule has 0 saturated heterocycles. The first-order valence-electron chi connectivity index (χ1n) is 14.2. The van der Waals surface area contributed by atoms with E-state index in [1.807, 2.05) is 12.4 Å². The van der Waals surface area contributed by atoms with Crippen LogP contribution >= 0.6 is 0 Å². The number of aliphatic imine (C=N–C) groups is 1. The number of anilines is 1. The van der Waals surface area contributed by atoms with Crippen molar-refractivity contribution in [1.82, 2.24) is 0 Å². The predicted molar refractivity (Wildman–Crippen MR) is 185 cm³/mol. The van der Waals surface area contributed by atoms with E-state index in [0.717, 1.165) is 39.1 Å². The van der Waals surface area contributed by atoms with E-state index < -0.39 is 16.1 Å². The minimum Gasteiger partial charge on any atom is -0.346 e. The Morgan fingerprint density at radius 2 is 1.07 bits per heavy atom. The van der Waals surface area contributed by atoms with Crippen LogP contribution in [0.5, 0.6) is 0 Å². The molecule has 2 nitrogen and oxygen atoms in total. The van der Waals surface area contributed by atoms with Gasteiger partial charge in [0.15, 0.2) is 0 Å². The van der Waals surface area contributed by atoms with E-state index in [1.54, 1.807) is 0 Å². The highest BCUT2D eigenvalue weighted by Gasteiger charge is 2.13. The second-order valence-corrected chi connectivity index (χ2v) is 21.9. The minimum absolute atomic E-state index is 0.0489. The van der Waals surface area contributed by atoms with E-state index >= 15 is 0 Å². The standard InChI is InChI=1S/C37H40N2Si2/c1-29(32-12-9-8-10-13-32)38-28-39-37-35(33-20-16-30(17-21-33)24-26-40(2,3)4)14-11-15-36(37)34-22-18-31(19-23-34)25-27-41(5,6)7/h8-23,28-29H,1-7H3,(H,38,39)/t29-/m1/s1. The van der Waals surface area contributed by atoms with E-state index in [9.17, 15) is 0 Å². The Morgan fingerprint density at radius 1 is 0.610 bits per heavy atom. The van der Waals surface area contributed by atoms with Crippen LogP contribution in [0.2, 0.25) is 39.3 Å². The summed E-state index contributed by atoms with van der Waals surface area (Å²) in [5.41, 5.74) is 15.7. The average Bonchev–Trinajstić information content (AvgIpc) is 2.95. The first kappa shape index (κ1) is 29.9. The molecular formula is C37H40N2Si2. The second kappa shape index (κ2) is 13.0. The van der Waals surface area contributed by atoms with Gasteiger partial charge in [-0.05, 0) is 47.9 Å². The number of rotatable bonds is 6. The van der Waals surface area contributed by atoms with Crippen LogP contribution in [0.25, 0.3) is 22.3 Å². The topological polar surface area (TPSA) is 24.4 Å². The van der Waals surface area contributed by atoms with E-state index in [4.69, 9.17) is 4.99 Å². The smallest absolute Gasteiger partial charge is 0.129 e. The largest absolute Gasteiger partial charge is 0.346 e. The highest BCUT2D eigenvalue weighted by atomic mass is 28.3. The molecule has 0 aromatic heterocycles. The van der Waals surface area contributed by atoms with Gasteiger partial charge in [-0.15, -0.1) is 11.1 Å². The lowest BCUT2D eigenvalue weighted by Crippen LogP contribution is -2.16. The molecule has 4 aromatic rings. The first-order chi connectivity index (χ1) is 19.5. The average molecular weight is 569 g/mol. The fourth-order valence-electron chi connectivity index (χ4n) is 4.21. The fourth-order valence-corrected chi connectivity index (χ4v) is 5.24. The second-order valence-electron chi connectivity index (χ2n) is 12.4. The lowest BCUT2D eigenvalue weighted by atomic mass is 9.95. The summed E-state index contributed by atoms with van der Waals surface area (Å²) in [6.07, 6.45) is 1.83. The lowest BCUT2D eigenvalue weighted by Gasteiger charge is -2.16. The van der Waals surface area contributed by atoms with Crippen molar-refractivity contribution in [1.29, 1.82) is 0 Å². The van der Waals surface area contributed by atoms with Gasteiger partial charge in [-0.2, -0.15) is 0 Å². The molecule has 1 atom stereocenters. The van der Waals surface area contributed by atoms with Crippen molar-refractivity contribution in [2.45, 2.75) is 52.2 Å². The number of nitrogens with one attached hydrogen (secondary N) is 1. The summed E-state index contributed by atoms with van der Waals surface area (Å²) in [5.74, 6) is 6.74. The zero-order valence-corrected chi connectivity index (χ0v) is 27.3. The van der Waals surface area contributed by atoms with Crippen LogP contribution in [0.3, 0.4) is 0 Å². The van der Waals surface area contributed by atoms with Crippen molar-refractivity contribution in [3.63, 3.8) is 0 Å². The molecule has 0 radical (unpaired) electrons. The van der Waals surface area contributed by atoms with Gasteiger partial charge < -0.3 is 5.32 Å². The van der Waals surface area contributed by atoms with Gasteiger partial charge in [-0.1, -0.05) is 124 Å². The maximum Gasteiger partial charge on any atom is 0.129 e. The van der Waals surface area contributed by atoms with Crippen molar-refractivity contribution in [2.75, 3.05) is 5.32 Å². The summed E-state index contributed by atoms with van der Waals surface area (Å²) < 4.78 is 0. The molecule has 4 rings (SSSR count). The highest BCUT2D eigenvalue weighted by Crippen LogP contribution is 2.37. The Labute approximate surface area is 249 Å². The van der Waals surface area contributed by atoms with E-state index in [1.165, 1.54) is 5.56 Å². The van der Waals surface area contributed by atoms with Gasteiger partial charge >= 0.3 is 0 Å². The van der Waals surface area contributed by atoms with Crippen LogP contribution < -0.4 is 5.32 Å². The van der Waals surface area contributed by atoms with Gasteiger partial charge in [0.05, 0.1) is 18.1 Å². The molecule has 0 heterocycles. The maximum absolute atomic E-state index is 4.82. The van der Waals surface area contributed by atoms with Crippen LogP contribution in [0.1, 0.15) is 29.7 Å². The summed E-state index contributed by atoms with van der Waals surface area (Å²) in [4.78, 5) is 4.82. The molecule has 41 heavy (non-hydrogen) atoms. The number of para-hydroxylation sites is 1. The summed E-state index contributed by atoms with van der Waals surface area (Å²) >= 11 is 0. The van der Waals surface area contributed by atoms with Crippen LogP contribution in [-0.2, 0) is 0 Å². The summed E-state index contributed by atoms with van der Waals surface area (Å²) in [5, 5.41) is 3.56. The SMILES string of the molecule is C[C@@H](N=CNc1c(-c2ccc(C#C[Si](C)(C)C)cc2)cccc1-c1ccc(C#C[Si](C)(C)C)cc1)c1ccccc1. The van der Waals surface area contributed by atoms with Gasteiger partial charge in [0.2, 0.25) is 0 Å². The van der Waals surface area contributed by atoms with Gasteiger partial charge in [0, 0.05) is 22.3 Å². The number of hydrogen-bond donors (Lipinski definition) is 1. The molecular weight excluding hydrogens is 529 g/mol. The Bertz CT molecular complexity index is 1520. The summed E-state index contributed by atoms with van der Waals surface area (Å²) in [6.45, 7) is 15.7. The van der Waals surface area contributed by atoms with Crippen molar-refractivity contribution < 1.29 is 0 Å². The summed E-state index contributed by atoms with van der Waals surface area (Å²) in [7, 11) is -2.86. The van der Waals surface area contributed by atoms with Crippen LogP contribution in [0, 0.1) is 22.9 Å². The summed E-state index contributed by atoms with van der Waals surface area (Å²) in [6, 6.07) is 34.0. The molecule has 0 aliphatic heterocycles. The molecule has 0 unspecified atom stereocenters. The molecule has 1 N–H and O–H groups in total. The van der Waals surface area contributed by atoms with Crippen molar-refractivity contribution >= 4 is 28.2 Å². The van der Waals surface area contributed by atoms with Crippen molar-refractivity contribution in [3.8, 4) is 45.2 Å². The Kier molecular flexibility index (Phi) is 9.51. The minimum atomic E-state index is -1.43.